The van der Waals surface area contributed by atoms with Gasteiger partial charge in [-0.1, -0.05) is 23.7 Å². The number of nitrogens with one attached hydrogen (secondary N) is 2. The summed E-state index contributed by atoms with van der Waals surface area (Å²) in [4.78, 5) is 26.6. The minimum absolute atomic E-state index is 0.00720. The molecule has 1 saturated heterocycles. The van der Waals surface area contributed by atoms with Crippen LogP contribution in [0, 0.1) is 11.7 Å². The Morgan fingerprint density at radius 2 is 1.71 bits per heavy atom. The SMILES string of the molecule is O=C(CN1CCC(C(=O)NCc2ccc(F)cc2)CC1)NCCOc1ccc(Cl)cc1. The second-order valence-corrected chi connectivity index (χ2v) is 7.98. The Morgan fingerprint density at radius 3 is 2.39 bits per heavy atom. The van der Waals surface area contributed by atoms with Crippen molar-refractivity contribution in [2.24, 2.45) is 5.92 Å². The molecule has 0 atom stereocenters. The van der Waals surface area contributed by atoms with Gasteiger partial charge < -0.3 is 15.4 Å². The van der Waals surface area contributed by atoms with Gasteiger partial charge in [0.25, 0.3) is 0 Å². The predicted molar refractivity (Wildman–Crippen MR) is 117 cm³/mol. The van der Waals surface area contributed by atoms with Crippen molar-refractivity contribution in [1.29, 1.82) is 0 Å². The molecule has 1 fully saturated rings. The van der Waals surface area contributed by atoms with Gasteiger partial charge in [0.05, 0.1) is 13.1 Å². The normalized spacial score (nSPS) is 14.8. The van der Waals surface area contributed by atoms with Gasteiger partial charge in [-0.2, -0.15) is 0 Å². The van der Waals surface area contributed by atoms with E-state index in [9.17, 15) is 14.0 Å². The maximum absolute atomic E-state index is 12.9. The van der Waals surface area contributed by atoms with E-state index in [4.69, 9.17) is 16.3 Å². The predicted octanol–water partition coefficient (Wildman–Crippen LogP) is 3.00. The van der Waals surface area contributed by atoms with Crippen molar-refractivity contribution in [3.05, 3.63) is 64.9 Å². The van der Waals surface area contributed by atoms with Crippen LogP contribution in [0.2, 0.25) is 5.02 Å². The van der Waals surface area contributed by atoms with Crippen molar-refractivity contribution in [3.63, 3.8) is 0 Å². The van der Waals surface area contributed by atoms with E-state index in [-0.39, 0.29) is 23.5 Å². The zero-order valence-corrected chi connectivity index (χ0v) is 18.0. The molecule has 2 aromatic rings. The molecule has 2 N–H and O–H groups in total. The molecule has 166 valence electrons. The van der Waals surface area contributed by atoms with Crippen LogP contribution in [0.25, 0.3) is 0 Å². The van der Waals surface area contributed by atoms with E-state index in [1.54, 1.807) is 36.4 Å². The fraction of sp³-hybridized carbons (Fsp3) is 0.391. The van der Waals surface area contributed by atoms with Gasteiger partial charge in [0, 0.05) is 17.5 Å². The molecule has 0 spiro atoms. The standard InChI is InChI=1S/C23H27ClFN3O3/c24-19-3-7-21(8-4-19)31-14-11-26-22(29)16-28-12-9-18(10-13-28)23(30)27-15-17-1-5-20(25)6-2-17/h1-8,18H,9-16H2,(H,26,29)(H,27,30). The van der Waals surface area contributed by atoms with Gasteiger partial charge in [-0.3, -0.25) is 14.5 Å². The first kappa shape index (κ1) is 23.0. The molecule has 6 nitrogen and oxygen atoms in total. The molecule has 1 aliphatic rings. The second-order valence-electron chi connectivity index (χ2n) is 7.55. The van der Waals surface area contributed by atoms with Crippen molar-refractivity contribution in [2.75, 3.05) is 32.8 Å². The summed E-state index contributed by atoms with van der Waals surface area (Å²) in [5, 5.41) is 6.41. The average molecular weight is 448 g/mol. The molecule has 8 heteroatoms. The average Bonchev–Trinajstić information content (AvgIpc) is 2.78. The van der Waals surface area contributed by atoms with Crippen LogP contribution in [-0.4, -0.2) is 49.5 Å². The number of nitrogens with zero attached hydrogens (tertiary/aromatic N) is 1. The number of halogens is 2. The smallest absolute Gasteiger partial charge is 0.234 e. The van der Waals surface area contributed by atoms with E-state index in [0.29, 0.717) is 62.9 Å². The number of hydrogen-bond acceptors (Lipinski definition) is 4. The van der Waals surface area contributed by atoms with Gasteiger partial charge in [0.15, 0.2) is 0 Å². The molecule has 3 rings (SSSR count). The Balaban J connectivity index is 1.28. The highest BCUT2D eigenvalue weighted by molar-refractivity contribution is 6.30. The summed E-state index contributed by atoms with van der Waals surface area (Å²) in [6, 6.07) is 13.2. The minimum Gasteiger partial charge on any atom is -0.492 e. The highest BCUT2D eigenvalue weighted by Gasteiger charge is 2.25. The van der Waals surface area contributed by atoms with E-state index in [2.05, 4.69) is 15.5 Å². The highest BCUT2D eigenvalue weighted by Crippen LogP contribution is 2.17. The number of piperidine rings is 1. The molecule has 2 amide bonds. The monoisotopic (exact) mass is 447 g/mol. The molecule has 2 aromatic carbocycles. The summed E-state index contributed by atoms with van der Waals surface area (Å²) in [5.74, 6) is 0.304. The van der Waals surface area contributed by atoms with Gasteiger partial charge in [-0.25, -0.2) is 4.39 Å². The fourth-order valence-corrected chi connectivity index (χ4v) is 3.56. The van der Waals surface area contributed by atoms with Crippen LogP contribution >= 0.6 is 11.6 Å². The Bertz CT molecular complexity index is 853. The number of amides is 2. The Morgan fingerprint density at radius 1 is 1.03 bits per heavy atom. The van der Waals surface area contributed by atoms with Crippen LogP contribution in [0.15, 0.2) is 48.5 Å². The molecule has 0 radical (unpaired) electrons. The van der Waals surface area contributed by atoms with Crippen LogP contribution in [0.1, 0.15) is 18.4 Å². The Kier molecular flexibility index (Phi) is 8.67. The van der Waals surface area contributed by atoms with E-state index >= 15 is 0 Å². The van der Waals surface area contributed by atoms with Crippen molar-refractivity contribution < 1.29 is 18.7 Å². The Labute approximate surface area is 186 Å². The van der Waals surface area contributed by atoms with E-state index < -0.39 is 0 Å². The van der Waals surface area contributed by atoms with Crippen molar-refractivity contribution in [2.45, 2.75) is 19.4 Å². The molecule has 1 aliphatic heterocycles. The van der Waals surface area contributed by atoms with Gasteiger partial charge in [0.2, 0.25) is 11.8 Å². The van der Waals surface area contributed by atoms with Crippen LogP contribution in [-0.2, 0) is 16.1 Å². The quantitative estimate of drug-likeness (QED) is 0.580. The summed E-state index contributed by atoms with van der Waals surface area (Å²) in [6.45, 7) is 2.89. The Hall–Kier alpha value is -2.64. The third-order valence-corrected chi connectivity index (χ3v) is 5.46. The second kappa shape index (κ2) is 11.7. The molecule has 0 bridgehead atoms. The number of rotatable bonds is 9. The lowest BCUT2D eigenvalue weighted by atomic mass is 9.96. The molecule has 0 saturated carbocycles. The third kappa shape index (κ3) is 7.84. The molecule has 31 heavy (non-hydrogen) atoms. The van der Waals surface area contributed by atoms with E-state index in [0.717, 1.165) is 5.56 Å². The number of carbonyl (C=O) groups excluding carboxylic acids is 2. The lowest BCUT2D eigenvalue weighted by Crippen LogP contribution is -2.44. The molecule has 0 unspecified atom stereocenters. The van der Waals surface area contributed by atoms with E-state index in [1.165, 1.54) is 12.1 Å². The fourth-order valence-electron chi connectivity index (χ4n) is 3.44. The first-order valence-corrected chi connectivity index (χ1v) is 10.8. The van der Waals surface area contributed by atoms with Crippen LogP contribution < -0.4 is 15.4 Å². The molecule has 0 aliphatic carbocycles. The van der Waals surface area contributed by atoms with Crippen molar-refractivity contribution in [3.8, 4) is 5.75 Å². The maximum Gasteiger partial charge on any atom is 0.234 e. The van der Waals surface area contributed by atoms with Gasteiger partial charge in [-0.05, 0) is 67.9 Å². The van der Waals surface area contributed by atoms with E-state index in [1.807, 2.05) is 0 Å². The lowest BCUT2D eigenvalue weighted by molar-refractivity contribution is -0.127. The molecule has 0 aromatic heterocycles. The first-order valence-electron chi connectivity index (χ1n) is 10.4. The summed E-state index contributed by atoms with van der Waals surface area (Å²) in [6.07, 6.45) is 1.42. The van der Waals surface area contributed by atoms with Gasteiger partial charge in [0.1, 0.15) is 18.2 Å². The minimum atomic E-state index is -0.291. The van der Waals surface area contributed by atoms with Crippen LogP contribution in [0.3, 0.4) is 0 Å². The van der Waals surface area contributed by atoms with Crippen LogP contribution in [0.5, 0.6) is 5.75 Å². The third-order valence-electron chi connectivity index (χ3n) is 5.21. The van der Waals surface area contributed by atoms with Crippen LogP contribution in [0.4, 0.5) is 4.39 Å². The maximum atomic E-state index is 12.9. The number of benzene rings is 2. The number of likely N-dealkylation sites (tertiary alicyclic amines) is 1. The van der Waals surface area contributed by atoms with Gasteiger partial charge in [-0.15, -0.1) is 0 Å². The van der Waals surface area contributed by atoms with Gasteiger partial charge >= 0.3 is 0 Å². The lowest BCUT2D eigenvalue weighted by Gasteiger charge is -2.30. The summed E-state index contributed by atoms with van der Waals surface area (Å²) in [7, 11) is 0. The number of hydrogen-bond donors (Lipinski definition) is 2. The highest BCUT2D eigenvalue weighted by atomic mass is 35.5. The number of ether oxygens (including phenoxy) is 1. The summed E-state index contributed by atoms with van der Waals surface area (Å²) in [5.41, 5.74) is 0.865. The van der Waals surface area contributed by atoms with Crippen molar-refractivity contribution >= 4 is 23.4 Å². The topological polar surface area (TPSA) is 70.7 Å². The van der Waals surface area contributed by atoms with Crippen molar-refractivity contribution in [1.82, 2.24) is 15.5 Å². The molecule has 1 heterocycles. The summed E-state index contributed by atoms with van der Waals surface area (Å²) < 4.78 is 18.5. The first-order chi connectivity index (χ1) is 15.0. The zero-order chi connectivity index (χ0) is 22.1. The molecular weight excluding hydrogens is 421 g/mol. The zero-order valence-electron chi connectivity index (χ0n) is 17.3. The molecular formula is C23H27ClFN3O3. The number of carbonyl (C=O) groups is 2. The summed E-state index contributed by atoms with van der Waals surface area (Å²) >= 11 is 5.83. The largest absolute Gasteiger partial charge is 0.492 e.